The Hall–Kier alpha value is -1.94. The summed E-state index contributed by atoms with van der Waals surface area (Å²) in [6.07, 6.45) is 0. The molecule has 0 heterocycles. The Morgan fingerprint density at radius 2 is 1.86 bits per heavy atom. The predicted molar refractivity (Wildman–Crippen MR) is 87.6 cm³/mol. The maximum Gasteiger partial charge on any atom is 0.166 e. The summed E-state index contributed by atoms with van der Waals surface area (Å²) in [4.78, 5) is 0.166. The van der Waals surface area contributed by atoms with Crippen LogP contribution in [0.5, 0.6) is 11.5 Å². The summed E-state index contributed by atoms with van der Waals surface area (Å²) in [6.45, 7) is 6.12. The number of rotatable bonds is 4. The minimum absolute atomic E-state index is 0.166. The molecule has 21 heavy (non-hydrogen) atoms. The van der Waals surface area contributed by atoms with Gasteiger partial charge in [0.15, 0.2) is 11.6 Å². The average Bonchev–Trinajstić information content (AvgIpc) is 2.40. The highest BCUT2D eigenvalue weighted by atomic mass is 32.1. The molecule has 0 spiro atoms. The lowest BCUT2D eigenvalue weighted by Crippen LogP contribution is -2.09. The molecule has 0 aliphatic carbocycles. The quantitative estimate of drug-likeness (QED) is 0.833. The zero-order valence-electron chi connectivity index (χ0n) is 12.3. The van der Waals surface area contributed by atoms with Crippen LogP contribution in [0.1, 0.15) is 36.5 Å². The number of ether oxygens (including phenoxy) is 1. The number of aryl methyl sites for hydroxylation is 1. The summed E-state index contributed by atoms with van der Waals surface area (Å²) in [5.41, 5.74) is 8.09. The van der Waals surface area contributed by atoms with Crippen LogP contribution >= 0.6 is 12.2 Å². The van der Waals surface area contributed by atoms with E-state index in [4.69, 9.17) is 22.7 Å². The van der Waals surface area contributed by atoms with Gasteiger partial charge in [-0.25, -0.2) is 4.39 Å². The fourth-order valence-corrected chi connectivity index (χ4v) is 2.19. The van der Waals surface area contributed by atoms with Gasteiger partial charge < -0.3 is 10.5 Å². The molecule has 2 nitrogen and oxygen atoms in total. The van der Waals surface area contributed by atoms with Crippen LogP contribution in [0.25, 0.3) is 0 Å². The van der Waals surface area contributed by atoms with Crippen molar-refractivity contribution in [1.82, 2.24) is 0 Å². The van der Waals surface area contributed by atoms with Crippen LogP contribution in [0.4, 0.5) is 4.39 Å². The van der Waals surface area contributed by atoms with Crippen molar-refractivity contribution in [3.63, 3.8) is 0 Å². The molecule has 2 rings (SSSR count). The van der Waals surface area contributed by atoms with E-state index in [1.807, 2.05) is 25.1 Å². The van der Waals surface area contributed by atoms with Crippen LogP contribution in [0.2, 0.25) is 0 Å². The van der Waals surface area contributed by atoms with E-state index >= 15 is 0 Å². The lowest BCUT2D eigenvalue weighted by atomic mass is 10.0. The summed E-state index contributed by atoms with van der Waals surface area (Å²) in [6, 6.07) is 10.5. The Morgan fingerprint density at radius 1 is 1.14 bits per heavy atom. The predicted octanol–water partition coefficient (Wildman–Crippen LogP) is 4.68. The van der Waals surface area contributed by atoms with E-state index in [9.17, 15) is 4.39 Å². The van der Waals surface area contributed by atoms with Crippen LogP contribution in [0.3, 0.4) is 0 Å². The van der Waals surface area contributed by atoms with Gasteiger partial charge in [0.25, 0.3) is 0 Å². The first-order valence-electron chi connectivity index (χ1n) is 6.76. The third-order valence-corrected chi connectivity index (χ3v) is 3.46. The zero-order valence-corrected chi connectivity index (χ0v) is 13.1. The Morgan fingerprint density at radius 3 is 2.43 bits per heavy atom. The molecule has 0 bridgehead atoms. The summed E-state index contributed by atoms with van der Waals surface area (Å²) in [7, 11) is 0. The van der Waals surface area contributed by atoms with Gasteiger partial charge in [-0.3, -0.25) is 0 Å². The Bertz CT molecular complexity index is 682. The van der Waals surface area contributed by atoms with Gasteiger partial charge in [-0.05, 0) is 48.2 Å². The topological polar surface area (TPSA) is 35.2 Å². The van der Waals surface area contributed by atoms with Crippen molar-refractivity contribution in [1.29, 1.82) is 0 Å². The molecule has 0 amide bonds. The van der Waals surface area contributed by atoms with Crippen LogP contribution in [-0.2, 0) is 0 Å². The first kappa shape index (κ1) is 15.4. The lowest BCUT2D eigenvalue weighted by molar-refractivity contribution is 0.435. The van der Waals surface area contributed by atoms with Gasteiger partial charge in [0.2, 0.25) is 0 Å². The van der Waals surface area contributed by atoms with Gasteiger partial charge >= 0.3 is 0 Å². The first-order chi connectivity index (χ1) is 9.88. The summed E-state index contributed by atoms with van der Waals surface area (Å²) >= 11 is 4.84. The second-order valence-corrected chi connectivity index (χ2v) is 5.75. The Kier molecular flexibility index (Phi) is 4.58. The van der Waals surface area contributed by atoms with Crippen LogP contribution in [-0.4, -0.2) is 4.99 Å². The number of halogens is 1. The van der Waals surface area contributed by atoms with Gasteiger partial charge in [0.05, 0.1) is 0 Å². The van der Waals surface area contributed by atoms with Gasteiger partial charge in [0, 0.05) is 5.56 Å². The molecule has 0 aromatic heterocycles. The third kappa shape index (κ3) is 3.58. The number of thiocarbonyl (C=S) groups is 1. The highest BCUT2D eigenvalue weighted by Crippen LogP contribution is 2.32. The van der Waals surface area contributed by atoms with Gasteiger partial charge in [0.1, 0.15) is 10.7 Å². The van der Waals surface area contributed by atoms with Gasteiger partial charge in [-0.15, -0.1) is 0 Å². The largest absolute Gasteiger partial charge is 0.454 e. The molecule has 0 fully saturated rings. The van der Waals surface area contributed by atoms with Crippen molar-refractivity contribution >= 4 is 17.2 Å². The van der Waals surface area contributed by atoms with Gasteiger partial charge in [-0.2, -0.15) is 0 Å². The molecular weight excluding hydrogens is 285 g/mol. The summed E-state index contributed by atoms with van der Waals surface area (Å²) < 4.78 is 19.8. The van der Waals surface area contributed by atoms with Crippen molar-refractivity contribution in [2.45, 2.75) is 26.7 Å². The van der Waals surface area contributed by atoms with Crippen LogP contribution < -0.4 is 10.5 Å². The molecule has 2 N–H and O–H groups in total. The molecule has 0 unspecified atom stereocenters. The van der Waals surface area contributed by atoms with Crippen molar-refractivity contribution in [3.05, 3.63) is 58.9 Å². The minimum Gasteiger partial charge on any atom is -0.454 e. The molecule has 0 aliphatic heterocycles. The number of benzene rings is 2. The number of hydrogen-bond donors (Lipinski definition) is 1. The zero-order chi connectivity index (χ0) is 15.6. The average molecular weight is 303 g/mol. The minimum atomic E-state index is -0.475. The molecule has 2 aromatic rings. The number of nitrogens with two attached hydrogens (primary N) is 1. The first-order valence-corrected chi connectivity index (χ1v) is 7.17. The maximum atomic E-state index is 14.1. The van der Waals surface area contributed by atoms with Crippen LogP contribution in [0, 0.1) is 12.7 Å². The van der Waals surface area contributed by atoms with E-state index in [1.165, 1.54) is 6.07 Å². The summed E-state index contributed by atoms with van der Waals surface area (Å²) in [5.74, 6) is 0.658. The van der Waals surface area contributed by atoms with Crippen molar-refractivity contribution < 1.29 is 9.13 Å². The molecular formula is C17H18FNOS. The molecule has 110 valence electrons. The van der Waals surface area contributed by atoms with Crippen molar-refractivity contribution in [2.75, 3.05) is 0 Å². The molecule has 0 saturated carbocycles. The Labute approximate surface area is 129 Å². The SMILES string of the molecule is Cc1ccc(C(C)C)c(Oc2ccc(C(N)=S)cc2F)c1. The molecule has 0 saturated heterocycles. The fourth-order valence-electron chi connectivity index (χ4n) is 2.06. The van der Waals surface area contributed by atoms with E-state index in [-0.39, 0.29) is 10.7 Å². The van der Waals surface area contributed by atoms with Crippen molar-refractivity contribution in [2.24, 2.45) is 5.73 Å². The Balaban J connectivity index is 2.38. The standard InChI is InChI=1S/C17H18FNOS/c1-10(2)13-6-4-11(3)8-16(13)20-15-7-5-12(17(19)21)9-14(15)18/h4-10H,1-3H3,(H2,19,21). The highest BCUT2D eigenvalue weighted by molar-refractivity contribution is 7.80. The van der Waals surface area contributed by atoms with E-state index in [1.54, 1.807) is 12.1 Å². The van der Waals surface area contributed by atoms with E-state index in [0.29, 0.717) is 17.2 Å². The second kappa shape index (κ2) is 6.22. The molecule has 0 radical (unpaired) electrons. The van der Waals surface area contributed by atoms with E-state index in [2.05, 4.69) is 13.8 Å². The van der Waals surface area contributed by atoms with Crippen molar-refractivity contribution in [3.8, 4) is 11.5 Å². The normalized spacial score (nSPS) is 10.7. The molecule has 4 heteroatoms. The fraction of sp³-hybridized carbons (Fsp3) is 0.235. The smallest absolute Gasteiger partial charge is 0.166 e. The van der Waals surface area contributed by atoms with Gasteiger partial charge in [-0.1, -0.05) is 38.2 Å². The molecule has 0 aliphatic rings. The van der Waals surface area contributed by atoms with E-state index in [0.717, 1.165) is 11.1 Å². The lowest BCUT2D eigenvalue weighted by Gasteiger charge is -2.15. The molecule has 2 aromatic carbocycles. The monoisotopic (exact) mass is 303 g/mol. The maximum absolute atomic E-state index is 14.1. The summed E-state index contributed by atoms with van der Waals surface area (Å²) in [5, 5.41) is 0. The molecule has 0 atom stereocenters. The highest BCUT2D eigenvalue weighted by Gasteiger charge is 2.12. The third-order valence-electron chi connectivity index (χ3n) is 3.23. The number of hydrogen-bond acceptors (Lipinski definition) is 2. The van der Waals surface area contributed by atoms with Crippen LogP contribution in [0.15, 0.2) is 36.4 Å². The second-order valence-electron chi connectivity index (χ2n) is 5.31. The van der Waals surface area contributed by atoms with E-state index < -0.39 is 5.82 Å².